The van der Waals surface area contributed by atoms with Gasteiger partial charge in [-0.1, -0.05) is 182 Å². The SMILES string of the molecule is FC(F)(F)c1ccc(-c2cccc(-c3nc(-c4cc(-n5c6ccccc6c6ccc(-n7c8ccccc8c8ccccc87)cc65)cc(-n5c6ccccc6c6ccc(-n7c8ccccc8c8ccccc87)cc65)c4)nc4ccc5ccccc5c34)c2)cc1. The van der Waals surface area contributed by atoms with Crippen molar-refractivity contribution >= 4 is 109 Å². The van der Waals surface area contributed by atoms with Crippen LogP contribution >= 0.6 is 0 Å². The molecule has 5 aromatic heterocycles. The van der Waals surface area contributed by atoms with Crippen molar-refractivity contribution in [1.82, 2.24) is 28.2 Å². The number of rotatable bonds is 7. The maximum atomic E-state index is 13.9. The van der Waals surface area contributed by atoms with E-state index in [1.165, 1.54) is 33.7 Å². The molecule has 0 atom stereocenters. The van der Waals surface area contributed by atoms with Gasteiger partial charge in [-0.2, -0.15) is 13.2 Å². The molecule has 5 heterocycles. The van der Waals surface area contributed by atoms with Gasteiger partial charge in [-0.15, -0.1) is 0 Å². The maximum Gasteiger partial charge on any atom is 0.416 e. The first-order valence-electron chi connectivity index (χ1n) is 29.4. The van der Waals surface area contributed by atoms with Crippen LogP contribution in [0.2, 0.25) is 0 Å². The van der Waals surface area contributed by atoms with Crippen LogP contribution in [0.1, 0.15) is 5.56 Å². The molecule has 6 nitrogen and oxygen atoms in total. The van der Waals surface area contributed by atoms with E-state index >= 15 is 0 Å². The summed E-state index contributed by atoms with van der Waals surface area (Å²) >= 11 is 0. The first-order valence-corrected chi connectivity index (χ1v) is 29.4. The Balaban J connectivity index is 0.927. The van der Waals surface area contributed by atoms with Crippen molar-refractivity contribution in [2.75, 3.05) is 0 Å². The van der Waals surface area contributed by atoms with Gasteiger partial charge in [0.2, 0.25) is 0 Å². The van der Waals surface area contributed by atoms with Crippen LogP contribution in [0.3, 0.4) is 0 Å². The van der Waals surface area contributed by atoms with E-state index in [0.29, 0.717) is 17.1 Å². The molecule has 88 heavy (non-hydrogen) atoms. The number of hydrogen-bond acceptors (Lipinski definition) is 2. The molecule has 18 rings (SSSR count). The predicted octanol–water partition coefficient (Wildman–Crippen LogP) is 21.2. The quantitative estimate of drug-likeness (QED) is 0.149. The van der Waals surface area contributed by atoms with Gasteiger partial charge in [0.15, 0.2) is 5.82 Å². The van der Waals surface area contributed by atoms with Crippen molar-refractivity contribution in [2.45, 2.75) is 6.18 Å². The molecule has 0 bridgehead atoms. The van der Waals surface area contributed by atoms with E-state index in [2.05, 4.69) is 243 Å². The molecule has 9 heteroatoms. The summed E-state index contributed by atoms with van der Waals surface area (Å²) in [7, 11) is 0. The molecule has 0 aliphatic rings. The van der Waals surface area contributed by atoms with Gasteiger partial charge in [0, 0.05) is 82.4 Å². The molecule has 18 aromatic rings. The molecule has 0 spiro atoms. The zero-order valence-electron chi connectivity index (χ0n) is 47.0. The molecule has 0 radical (unpaired) electrons. The second-order valence-electron chi connectivity index (χ2n) is 22.8. The van der Waals surface area contributed by atoms with Gasteiger partial charge in [0.05, 0.1) is 60.9 Å². The molecule has 0 aliphatic heterocycles. The van der Waals surface area contributed by atoms with E-state index in [4.69, 9.17) is 9.97 Å². The summed E-state index contributed by atoms with van der Waals surface area (Å²) in [6.45, 7) is 0. The van der Waals surface area contributed by atoms with Gasteiger partial charge in [-0.05, 0) is 125 Å². The van der Waals surface area contributed by atoms with Crippen LogP contribution in [-0.4, -0.2) is 28.2 Å². The number of aromatic nitrogens is 6. The number of para-hydroxylation sites is 6. The first-order chi connectivity index (χ1) is 43.3. The van der Waals surface area contributed by atoms with Gasteiger partial charge in [-0.3, -0.25) is 0 Å². The van der Waals surface area contributed by atoms with Crippen molar-refractivity contribution in [3.8, 4) is 56.5 Å². The Morgan fingerprint density at radius 3 is 1.14 bits per heavy atom. The zero-order valence-corrected chi connectivity index (χ0v) is 47.0. The molecule has 0 N–H and O–H groups in total. The minimum atomic E-state index is -4.45. The summed E-state index contributed by atoms with van der Waals surface area (Å²) in [6.07, 6.45) is -4.45. The number of nitrogens with zero attached hydrogens (tertiary/aromatic N) is 6. The van der Waals surface area contributed by atoms with Crippen LogP contribution in [0, 0.1) is 0 Å². The molecule has 0 saturated carbocycles. The molecular weight excluding hydrogens is 1090 g/mol. The Morgan fingerprint density at radius 2 is 0.670 bits per heavy atom. The van der Waals surface area contributed by atoms with Crippen LogP contribution in [0.25, 0.3) is 165 Å². The predicted molar refractivity (Wildman–Crippen MR) is 356 cm³/mol. The molecule has 0 saturated heterocycles. The summed E-state index contributed by atoms with van der Waals surface area (Å²) in [4.78, 5) is 11.3. The van der Waals surface area contributed by atoms with Gasteiger partial charge in [0.1, 0.15) is 0 Å². The zero-order chi connectivity index (χ0) is 58.4. The molecule has 414 valence electrons. The highest BCUT2D eigenvalue weighted by Gasteiger charge is 2.30. The van der Waals surface area contributed by atoms with Gasteiger partial charge >= 0.3 is 6.18 Å². The Bertz CT molecular complexity index is 5580. The molecule has 0 aliphatic carbocycles. The number of fused-ring (bicyclic) bond motifs is 15. The van der Waals surface area contributed by atoms with E-state index in [0.717, 1.165) is 139 Å². The highest BCUT2D eigenvalue weighted by molar-refractivity contribution is 6.16. The van der Waals surface area contributed by atoms with Crippen LogP contribution in [0.4, 0.5) is 13.2 Å². The van der Waals surface area contributed by atoms with Crippen LogP contribution in [0.5, 0.6) is 0 Å². The van der Waals surface area contributed by atoms with E-state index in [1.54, 1.807) is 0 Å². The average molecular weight is 1140 g/mol. The van der Waals surface area contributed by atoms with E-state index in [1.807, 2.05) is 36.4 Å². The molecular formula is C79H47F3N6. The lowest BCUT2D eigenvalue weighted by atomic mass is 9.96. The highest BCUT2D eigenvalue weighted by atomic mass is 19.4. The van der Waals surface area contributed by atoms with Crippen LogP contribution in [0.15, 0.2) is 285 Å². The number of hydrogen-bond donors (Lipinski definition) is 0. The highest BCUT2D eigenvalue weighted by Crippen LogP contribution is 2.43. The fraction of sp³-hybridized carbons (Fsp3) is 0.0127. The first kappa shape index (κ1) is 49.8. The average Bonchev–Trinajstić information content (AvgIpc) is 1.68. The maximum absolute atomic E-state index is 13.9. The Kier molecular flexibility index (Phi) is 10.7. The third-order valence-electron chi connectivity index (χ3n) is 17.9. The Morgan fingerprint density at radius 1 is 0.261 bits per heavy atom. The minimum Gasteiger partial charge on any atom is -0.309 e. The fourth-order valence-electron chi connectivity index (χ4n) is 14.1. The third kappa shape index (κ3) is 7.56. The second-order valence-corrected chi connectivity index (χ2v) is 22.8. The van der Waals surface area contributed by atoms with E-state index in [-0.39, 0.29) is 0 Å². The van der Waals surface area contributed by atoms with Crippen molar-refractivity contribution in [2.24, 2.45) is 0 Å². The molecule has 13 aromatic carbocycles. The van der Waals surface area contributed by atoms with Crippen LogP contribution in [-0.2, 0) is 6.18 Å². The van der Waals surface area contributed by atoms with Crippen molar-refractivity contribution in [3.63, 3.8) is 0 Å². The van der Waals surface area contributed by atoms with Crippen molar-refractivity contribution in [1.29, 1.82) is 0 Å². The summed E-state index contributed by atoms with van der Waals surface area (Å²) in [6, 6.07) is 98.0. The Labute approximate surface area is 501 Å². The van der Waals surface area contributed by atoms with Gasteiger partial charge in [-0.25, -0.2) is 9.97 Å². The summed E-state index contributed by atoms with van der Waals surface area (Å²) in [5.74, 6) is 0.513. The van der Waals surface area contributed by atoms with Gasteiger partial charge in [0.25, 0.3) is 0 Å². The molecule has 0 amide bonds. The fourth-order valence-corrected chi connectivity index (χ4v) is 14.1. The van der Waals surface area contributed by atoms with Crippen molar-refractivity contribution in [3.05, 3.63) is 291 Å². The van der Waals surface area contributed by atoms with E-state index in [9.17, 15) is 13.2 Å². The number of benzene rings is 13. The molecule has 0 unspecified atom stereocenters. The summed E-state index contributed by atoms with van der Waals surface area (Å²) < 4.78 is 51.1. The largest absolute Gasteiger partial charge is 0.416 e. The lowest BCUT2D eigenvalue weighted by Gasteiger charge is -2.17. The van der Waals surface area contributed by atoms with E-state index < -0.39 is 11.7 Å². The minimum absolute atomic E-state index is 0.513. The second kappa shape index (κ2) is 19.0. The van der Waals surface area contributed by atoms with Crippen molar-refractivity contribution < 1.29 is 13.2 Å². The smallest absolute Gasteiger partial charge is 0.309 e. The lowest BCUT2D eigenvalue weighted by molar-refractivity contribution is -0.137. The standard InChI is InChI=1S/C79H47F3N6/c80-79(81,82)53-35-32-48(33-36-53)50-17-15-18-51(42-50)77-76-58-19-2-1-16-49(58)34-41-67(76)83-78(84-77)52-43-56(87-72-30-13-7-24-63(72)65-39-37-54(46-74(65)87)85-68-26-9-3-20-59(68)60-21-4-10-27-69(60)85)45-57(44-52)88-73-31-14-8-25-64(73)66-40-38-55(47-75(66)88)86-70-28-11-5-22-61(70)62-23-6-12-29-71(62)86/h1-47H. The summed E-state index contributed by atoms with van der Waals surface area (Å²) in [5.41, 5.74) is 16.4. The van der Waals surface area contributed by atoms with Crippen LogP contribution < -0.4 is 0 Å². The monoisotopic (exact) mass is 1140 g/mol. The molecule has 0 fully saturated rings. The van der Waals surface area contributed by atoms with Gasteiger partial charge < -0.3 is 18.3 Å². The normalized spacial score (nSPS) is 12.3. The third-order valence-corrected chi connectivity index (χ3v) is 17.9. The number of halogens is 3. The summed E-state index contributed by atoms with van der Waals surface area (Å²) in [5, 5.41) is 12.1. The number of alkyl halides is 3. The lowest BCUT2D eigenvalue weighted by Crippen LogP contribution is -2.04. The Hall–Kier alpha value is -11.6. The topological polar surface area (TPSA) is 45.5 Å².